The van der Waals surface area contributed by atoms with Crippen molar-refractivity contribution in [3.8, 4) is 0 Å². The first kappa shape index (κ1) is 31.4. The number of sulfonamides is 1. The van der Waals surface area contributed by atoms with Crippen molar-refractivity contribution in [2.75, 3.05) is 17.1 Å². The molecule has 2 unspecified atom stereocenters. The Balaban J connectivity index is 2.10. The summed E-state index contributed by atoms with van der Waals surface area (Å²) < 4.78 is 40.0. The number of anilines is 1. The van der Waals surface area contributed by atoms with Crippen molar-refractivity contribution in [2.45, 2.75) is 45.3 Å². The van der Waals surface area contributed by atoms with Crippen LogP contribution in [0, 0.1) is 5.82 Å². The zero-order chi connectivity index (χ0) is 29.4. The van der Waals surface area contributed by atoms with Crippen molar-refractivity contribution >= 4 is 50.7 Å². The average Bonchev–Trinajstić information content (AvgIpc) is 2.91. The van der Waals surface area contributed by atoms with Gasteiger partial charge in [0.2, 0.25) is 21.8 Å². The number of nitrogens with zero attached hydrogens (tertiary/aromatic N) is 2. The predicted molar refractivity (Wildman–Crippen MR) is 157 cm³/mol. The summed E-state index contributed by atoms with van der Waals surface area (Å²) in [5, 5.41) is 3.54. The van der Waals surface area contributed by atoms with Crippen LogP contribution in [-0.4, -0.2) is 50.0 Å². The summed E-state index contributed by atoms with van der Waals surface area (Å²) in [6.07, 6.45) is 1.78. The van der Waals surface area contributed by atoms with Gasteiger partial charge >= 0.3 is 0 Å². The van der Waals surface area contributed by atoms with E-state index in [1.54, 1.807) is 18.2 Å². The molecule has 0 saturated carbocycles. The Bertz CT molecular complexity index is 1400. The lowest BCUT2D eigenvalue weighted by atomic mass is 10.0. The summed E-state index contributed by atoms with van der Waals surface area (Å²) in [7, 11) is -3.97. The zero-order valence-electron chi connectivity index (χ0n) is 22.5. The SMILES string of the molecule is CCC(C)NC(=O)C(Cc1ccccc1)N(Cc1c(Cl)cccc1Cl)C(=O)CN(c1ccc(F)cc1)S(C)(=O)=O. The molecule has 0 saturated heterocycles. The minimum atomic E-state index is -3.97. The van der Waals surface area contributed by atoms with Crippen molar-refractivity contribution in [1.82, 2.24) is 10.2 Å². The first-order chi connectivity index (χ1) is 18.9. The molecular weight excluding hydrogens is 576 g/mol. The Morgan fingerprint density at radius 3 is 2.10 bits per heavy atom. The van der Waals surface area contributed by atoms with Gasteiger partial charge in [-0.05, 0) is 55.3 Å². The lowest BCUT2D eigenvalue weighted by Crippen LogP contribution is -2.54. The standard InChI is InChI=1S/C29H32Cl2FN3O4S/c1-4-20(2)33-29(37)27(17-21-9-6-5-7-10-21)34(18-24-25(30)11-8-12-26(24)31)28(36)19-35(40(3,38)39)23-15-13-22(32)14-16-23/h5-16,20,27H,4,17-19H2,1-3H3,(H,33,37). The first-order valence-electron chi connectivity index (χ1n) is 12.7. The molecule has 7 nitrogen and oxygen atoms in total. The maximum absolute atomic E-state index is 14.0. The Labute approximate surface area is 244 Å². The van der Waals surface area contributed by atoms with Crippen molar-refractivity contribution < 1.29 is 22.4 Å². The molecule has 3 aromatic carbocycles. The third kappa shape index (κ3) is 8.43. The fourth-order valence-corrected chi connectivity index (χ4v) is 5.44. The minimum Gasteiger partial charge on any atom is -0.352 e. The molecule has 214 valence electrons. The lowest BCUT2D eigenvalue weighted by Gasteiger charge is -2.34. The molecule has 2 atom stereocenters. The molecule has 0 bridgehead atoms. The van der Waals surface area contributed by atoms with Crippen molar-refractivity contribution in [1.29, 1.82) is 0 Å². The fourth-order valence-electron chi connectivity index (χ4n) is 4.07. The summed E-state index contributed by atoms with van der Waals surface area (Å²) >= 11 is 12.9. The number of halogens is 3. The van der Waals surface area contributed by atoms with Gasteiger partial charge in [0.1, 0.15) is 18.4 Å². The topological polar surface area (TPSA) is 86.8 Å². The first-order valence-corrected chi connectivity index (χ1v) is 15.3. The molecule has 0 radical (unpaired) electrons. The Morgan fingerprint density at radius 2 is 1.55 bits per heavy atom. The minimum absolute atomic E-state index is 0.108. The van der Waals surface area contributed by atoms with Gasteiger partial charge in [0.25, 0.3) is 0 Å². The highest BCUT2D eigenvalue weighted by Gasteiger charge is 2.34. The normalized spacial score (nSPS) is 12.8. The number of rotatable bonds is 12. The van der Waals surface area contributed by atoms with E-state index < -0.39 is 40.2 Å². The number of benzene rings is 3. The van der Waals surface area contributed by atoms with Crippen LogP contribution in [0.1, 0.15) is 31.4 Å². The zero-order valence-corrected chi connectivity index (χ0v) is 24.8. The van der Waals surface area contributed by atoms with Gasteiger partial charge in [-0.3, -0.25) is 13.9 Å². The van der Waals surface area contributed by atoms with E-state index in [0.717, 1.165) is 28.3 Å². The lowest BCUT2D eigenvalue weighted by molar-refractivity contribution is -0.140. The number of hydrogen-bond acceptors (Lipinski definition) is 4. The number of hydrogen-bond donors (Lipinski definition) is 1. The Hall–Kier alpha value is -3.14. The smallest absolute Gasteiger partial charge is 0.244 e. The molecule has 2 amide bonds. The van der Waals surface area contributed by atoms with Crippen LogP contribution in [0.3, 0.4) is 0 Å². The molecule has 3 aromatic rings. The predicted octanol–water partition coefficient (Wildman–Crippen LogP) is 5.45. The summed E-state index contributed by atoms with van der Waals surface area (Å²) in [6, 6.07) is 17.7. The second-order valence-electron chi connectivity index (χ2n) is 9.49. The maximum atomic E-state index is 14.0. The van der Waals surface area contributed by atoms with E-state index in [1.165, 1.54) is 17.0 Å². The Kier molecular flexibility index (Phi) is 11.0. The third-order valence-electron chi connectivity index (χ3n) is 6.46. The van der Waals surface area contributed by atoms with Gasteiger partial charge < -0.3 is 10.2 Å². The number of carbonyl (C=O) groups is 2. The van der Waals surface area contributed by atoms with E-state index in [2.05, 4.69) is 5.32 Å². The third-order valence-corrected chi connectivity index (χ3v) is 8.30. The van der Waals surface area contributed by atoms with Gasteiger partial charge in [-0.1, -0.05) is 66.5 Å². The molecular formula is C29H32Cl2FN3O4S. The highest BCUT2D eigenvalue weighted by molar-refractivity contribution is 7.92. The molecule has 3 rings (SSSR count). The van der Waals surface area contributed by atoms with E-state index in [4.69, 9.17) is 23.2 Å². The molecule has 0 aliphatic heterocycles. The quantitative estimate of drug-likeness (QED) is 0.296. The van der Waals surface area contributed by atoms with Crippen LogP contribution in [0.4, 0.5) is 10.1 Å². The van der Waals surface area contributed by atoms with Crippen LogP contribution in [0.2, 0.25) is 10.0 Å². The summed E-state index contributed by atoms with van der Waals surface area (Å²) in [5.74, 6) is -1.61. The average molecular weight is 609 g/mol. The molecule has 1 N–H and O–H groups in total. The van der Waals surface area contributed by atoms with E-state index in [-0.39, 0.29) is 24.7 Å². The molecule has 0 aromatic heterocycles. The highest BCUT2D eigenvalue weighted by Crippen LogP contribution is 2.28. The fraction of sp³-hybridized carbons (Fsp3) is 0.310. The van der Waals surface area contributed by atoms with Crippen LogP contribution in [0.15, 0.2) is 72.8 Å². The monoisotopic (exact) mass is 607 g/mol. The van der Waals surface area contributed by atoms with Crippen LogP contribution in [0.25, 0.3) is 0 Å². The van der Waals surface area contributed by atoms with Gasteiger partial charge in [0, 0.05) is 34.6 Å². The van der Waals surface area contributed by atoms with Gasteiger partial charge in [-0.2, -0.15) is 0 Å². The van der Waals surface area contributed by atoms with Gasteiger partial charge in [0.15, 0.2) is 0 Å². The van der Waals surface area contributed by atoms with Gasteiger partial charge in [-0.15, -0.1) is 0 Å². The van der Waals surface area contributed by atoms with Crippen LogP contribution < -0.4 is 9.62 Å². The summed E-state index contributed by atoms with van der Waals surface area (Å²) in [6.45, 7) is 3.00. The van der Waals surface area contributed by atoms with Crippen LogP contribution in [-0.2, 0) is 32.6 Å². The second-order valence-corrected chi connectivity index (χ2v) is 12.2. The largest absolute Gasteiger partial charge is 0.352 e. The van der Waals surface area contributed by atoms with E-state index in [0.29, 0.717) is 22.0 Å². The molecule has 0 heterocycles. The van der Waals surface area contributed by atoms with Crippen molar-refractivity contribution in [3.05, 3.63) is 99.8 Å². The number of amides is 2. The summed E-state index contributed by atoms with van der Waals surface area (Å²) in [4.78, 5) is 29.0. The van der Waals surface area contributed by atoms with E-state index in [1.807, 2.05) is 44.2 Å². The van der Waals surface area contributed by atoms with E-state index in [9.17, 15) is 22.4 Å². The Morgan fingerprint density at radius 1 is 0.950 bits per heavy atom. The van der Waals surface area contributed by atoms with Crippen molar-refractivity contribution in [3.63, 3.8) is 0 Å². The van der Waals surface area contributed by atoms with Crippen LogP contribution in [0.5, 0.6) is 0 Å². The number of carbonyl (C=O) groups excluding carboxylic acids is 2. The highest BCUT2D eigenvalue weighted by atomic mass is 35.5. The summed E-state index contributed by atoms with van der Waals surface area (Å²) in [5.41, 5.74) is 1.33. The molecule has 0 spiro atoms. The molecule has 11 heteroatoms. The van der Waals surface area contributed by atoms with Gasteiger partial charge in [0.05, 0.1) is 11.9 Å². The van der Waals surface area contributed by atoms with E-state index >= 15 is 0 Å². The molecule has 0 fully saturated rings. The second kappa shape index (κ2) is 14.0. The molecule has 40 heavy (non-hydrogen) atoms. The molecule has 0 aliphatic rings. The van der Waals surface area contributed by atoms with Crippen molar-refractivity contribution in [2.24, 2.45) is 0 Å². The number of nitrogens with one attached hydrogen (secondary N) is 1. The molecule has 0 aliphatic carbocycles. The van der Waals surface area contributed by atoms with Gasteiger partial charge in [-0.25, -0.2) is 12.8 Å². The van der Waals surface area contributed by atoms with Crippen LogP contribution >= 0.6 is 23.2 Å². The maximum Gasteiger partial charge on any atom is 0.244 e.